The van der Waals surface area contributed by atoms with Crippen LogP contribution >= 0.6 is 35.4 Å². The zero-order valence-corrected chi connectivity index (χ0v) is 10.8. The molecule has 17 heavy (non-hydrogen) atoms. The van der Waals surface area contributed by atoms with Crippen molar-refractivity contribution in [3.05, 3.63) is 50.6 Å². The molecule has 0 saturated heterocycles. The summed E-state index contributed by atoms with van der Waals surface area (Å²) in [6.45, 7) is 0. The standard InChI is InChI=1S/C12H6Cl2N2S/c13-9-3-1-7(5-10(9)14)11-4-2-8(6-15)12(17)16-11/h1-5H,(H,16,17). The number of nitrogens with zero attached hydrogens (tertiary/aromatic N) is 1. The van der Waals surface area contributed by atoms with E-state index in [4.69, 9.17) is 40.7 Å². The topological polar surface area (TPSA) is 39.6 Å². The van der Waals surface area contributed by atoms with Gasteiger partial charge < -0.3 is 4.98 Å². The summed E-state index contributed by atoms with van der Waals surface area (Å²) in [4.78, 5) is 2.98. The minimum absolute atomic E-state index is 0.413. The molecular weight excluding hydrogens is 275 g/mol. The first kappa shape index (κ1) is 12.1. The molecule has 1 N–H and O–H groups in total. The molecule has 1 aromatic carbocycles. The van der Waals surface area contributed by atoms with Crippen LogP contribution in [0.5, 0.6) is 0 Å². The number of H-pyrrole nitrogens is 1. The number of pyridine rings is 1. The number of hydrogen-bond donors (Lipinski definition) is 1. The number of nitrogens with one attached hydrogen (secondary N) is 1. The van der Waals surface area contributed by atoms with E-state index < -0.39 is 0 Å². The van der Waals surface area contributed by atoms with Crippen molar-refractivity contribution in [3.8, 4) is 17.3 Å². The normalized spacial score (nSPS) is 9.94. The molecule has 0 atom stereocenters. The molecule has 0 saturated carbocycles. The van der Waals surface area contributed by atoms with E-state index in [1.54, 1.807) is 24.3 Å². The number of rotatable bonds is 1. The molecule has 2 nitrogen and oxygen atoms in total. The lowest BCUT2D eigenvalue weighted by molar-refractivity contribution is 1.27. The van der Waals surface area contributed by atoms with Gasteiger partial charge in [-0.05, 0) is 29.8 Å². The monoisotopic (exact) mass is 280 g/mol. The van der Waals surface area contributed by atoms with Crippen molar-refractivity contribution in [2.75, 3.05) is 0 Å². The molecule has 2 aromatic rings. The van der Waals surface area contributed by atoms with Crippen LogP contribution in [0.2, 0.25) is 10.0 Å². The van der Waals surface area contributed by atoms with Crippen LogP contribution in [0, 0.1) is 16.0 Å². The Morgan fingerprint density at radius 3 is 2.47 bits per heavy atom. The summed E-state index contributed by atoms with van der Waals surface area (Å²) in [5.74, 6) is 0. The maximum atomic E-state index is 8.79. The van der Waals surface area contributed by atoms with Gasteiger partial charge in [0.1, 0.15) is 10.7 Å². The summed E-state index contributed by atoms with van der Waals surface area (Å²) < 4.78 is 0.413. The van der Waals surface area contributed by atoms with Gasteiger partial charge >= 0.3 is 0 Å². The number of nitriles is 1. The third-order valence-electron chi connectivity index (χ3n) is 2.26. The van der Waals surface area contributed by atoms with Gasteiger partial charge in [-0.3, -0.25) is 0 Å². The van der Waals surface area contributed by atoms with E-state index >= 15 is 0 Å². The Hall–Kier alpha value is -1.34. The predicted octanol–water partition coefficient (Wildman–Crippen LogP) is 4.59. The van der Waals surface area contributed by atoms with Gasteiger partial charge in [-0.25, -0.2) is 0 Å². The number of benzene rings is 1. The number of aromatic nitrogens is 1. The van der Waals surface area contributed by atoms with E-state index in [0.717, 1.165) is 11.3 Å². The maximum absolute atomic E-state index is 8.79. The SMILES string of the molecule is N#Cc1ccc(-c2ccc(Cl)c(Cl)c2)[nH]c1=S. The van der Waals surface area contributed by atoms with Crippen molar-refractivity contribution in [3.63, 3.8) is 0 Å². The second kappa shape index (κ2) is 4.89. The minimum Gasteiger partial charge on any atom is -0.345 e. The second-order valence-electron chi connectivity index (χ2n) is 3.36. The van der Waals surface area contributed by atoms with Crippen LogP contribution in [-0.2, 0) is 0 Å². The molecule has 5 heteroatoms. The number of halogens is 2. The van der Waals surface area contributed by atoms with Crippen LogP contribution in [-0.4, -0.2) is 4.98 Å². The number of aromatic amines is 1. The smallest absolute Gasteiger partial charge is 0.121 e. The van der Waals surface area contributed by atoms with Crippen molar-refractivity contribution in [2.24, 2.45) is 0 Å². The molecule has 0 radical (unpaired) electrons. The van der Waals surface area contributed by atoms with E-state index in [9.17, 15) is 0 Å². The van der Waals surface area contributed by atoms with E-state index in [1.165, 1.54) is 0 Å². The van der Waals surface area contributed by atoms with Crippen molar-refractivity contribution < 1.29 is 0 Å². The third kappa shape index (κ3) is 2.50. The highest BCUT2D eigenvalue weighted by Crippen LogP contribution is 2.27. The van der Waals surface area contributed by atoms with E-state index in [1.807, 2.05) is 12.1 Å². The summed E-state index contributed by atoms with van der Waals surface area (Å²) in [6, 6.07) is 10.8. The highest BCUT2D eigenvalue weighted by atomic mass is 35.5. The Balaban J connectivity index is 2.54. The largest absolute Gasteiger partial charge is 0.345 e. The van der Waals surface area contributed by atoms with Gasteiger partial charge in [-0.2, -0.15) is 5.26 Å². The van der Waals surface area contributed by atoms with Crippen molar-refractivity contribution in [2.45, 2.75) is 0 Å². The van der Waals surface area contributed by atoms with Gasteiger partial charge in [0.2, 0.25) is 0 Å². The average Bonchev–Trinajstić information content (AvgIpc) is 2.32. The first-order chi connectivity index (χ1) is 8.11. The van der Waals surface area contributed by atoms with Crippen LogP contribution in [0.1, 0.15) is 5.56 Å². The van der Waals surface area contributed by atoms with Crippen molar-refractivity contribution >= 4 is 35.4 Å². The Kier molecular flexibility index (Phi) is 3.49. The van der Waals surface area contributed by atoms with Crippen LogP contribution in [0.25, 0.3) is 11.3 Å². The number of hydrogen-bond acceptors (Lipinski definition) is 2. The highest BCUT2D eigenvalue weighted by Gasteiger charge is 2.03. The Labute approximate surface area is 113 Å². The zero-order valence-electron chi connectivity index (χ0n) is 8.50. The lowest BCUT2D eigenvalue weighted by Crippen LogP contribution is -1.87. The Morgan fingerprint density at radius 2 is 1.88 bits per heavy atom. The van der Waals surface area contributed by atoms with E-state index in [0.29, 0.717) is 20.2 Å². The maximum Gasteiger partial charge on any atom is 0.121 e. The fourth-order valence-electron chi connectivity index (χ4n) is 1.39. The molecule has 0 fully saturated rings. The van der Waals surface area contributed by atoms with E-state index in [2.05, 4.69) is 4.98 Å². The quantitative estimate of drug-likeness (QED) is 0.776. The molecule has 84 valence electrons. The van der Waals surface area contributed by atoms with Crippen LogP contribution in [0.4, 0.5) is 0 Å². The lowest BCUT2D eigenvalue weighted by atomic mass is 10.1. The zero-order chi connectivity index (χ0) is 12.4. The van der Waals surface area contributed by atoms with Crippen LogP contribution in [0.3, 0.4) is 0 Å². The summed E-state index contributed by atoms with van der Waals surface area (Å²) in [6.07, 6.45) is 0. The summed E-state index contributed by atoms with van der Waals surface area (Å²) in [5, 5.41) is 9.77. The molecule has 0 bridgehead atoms. The molecule has 0 aliphatic rings. The highest BCUT2D eigenvalue weighted by molar-refractivity contribution is 7.71. The second-order valence-corrected chi connectivity index (χ2v) is 4.58. The third-order valence-corrected chi connectivity index (χ3v) is 3.32. The summed E-state index contributed by atoms with van der Waals surface area (Å²) >= 11 is 16.8. The lowest BCUT2D eigenvalue weighted by Gasteiger charge is -2.04. The Bertz CT molecular complexity index is 671. The van der Waals surface area contributed by atoms with Gasteiger partial charge in [0.15, 0.2) is 0 Å². The molecule has 0 aliphatic carbocycles. The molecule has 0 unspecified atom stereocenters. The van der Waals surface area contributed by atoms with Gasteiger partial charge in [0.05, 0.1) is 15.6 Å². The molecule has 0 amide bonds. The van der Waals surface area contributed by atoms with Crippen molar-refractivity contribution in [1.82, 2.24) is 4.98 Å². The fraction of sp³-hybridized carbons (Fsp3) is 0. The first-order valence-electron chi connectivity index (χ1n) is 4.70. The first-order valence-corrected chi connectivity index (χ1v) is 5.87. The molecule has 0 aliphatic heterocycles. The molecule has 0 spiro atoms. The van der Waals surface area contributed by atoms with Gasteiger partial charge in [-0.15, -0.1) is 0 Å². The van der Waals surface area contributed by atoms with Crippen molar-refractivity contribution in [1.29, 1.82) is 5.26 Å². The van der Waals surface area contributed by atoms with Crippen LogP contribution in [0.15, 0.2) is 30.3 Å². The predicted molar refractivity (Wildman–Crippen MR) is 71.8 cm³/mol. The molecular formula is C12H6Cl2N2S. The van der Waals surface area contributed by atoms with Gasteiger partial charge in [0, 0.05) is 5.69 Å². The molecule has 1 heterocycles. The van der Waals surface area contributed by atoms with Gasteiger partial charge in [0.25, 0.3) is 0 Å². The average molecular weight is 281 g/mol. The fourth-order valence-corrected chi connectivity index (χ4v) is 1.92. The summed E-state index contributed by atoms with van der Waals surface area (Å²) in [7, 11) is 0. The molecule has 2 rings (SSSR count). The Morgan fingerprint density at radius 1 is 1.12 bits per heavy atom. The summed E-state index contributed by atoms with van der Waals surface area (Å²) in [5.41, 5.74) is 2.12. The van der Waals surface area contributed by atoms with Crippen LogP contribution < -0.4 is 0 Å². The molecule has 1 aromatic heterocycles. The van der Waals surface area contributed by atoms with Gasteiger partial charge in [-0.1, -0.05) is 41.5 Å². The van der Waals surface area contributed by atoms with E-state index in [-0.39, 0.29) is 0 Å². The minimum atomic E-state index is 0.413.